The van der Waals surface area contributed by atoms with Gasteiger partial charge >= 0.3 is 5.97 Å². The molecule has 1 unspecified atom stereocenters. The number of carboxylic acids is 1. The van der Waals surface area contributed by atoms with Gasteiger partial charge in [0.1, 0.15) is 0 Å². The van der Waals surface area contributed by atoms with E-state index in [9.17, 15) is 4.79 Å². The van der Waals surface area contributed by atoms with Gasteiger partial charge in [-0.1, -0.05) is 38.1 Å². The van der Waals surface area contributed by atoms with Crippen molar-refractivity contribution in [1.29, 1.82) is 0 Å². The molecule has 4 heteroatoms. The molecular formula is C20H24N2O2. The molecule has 0 aliphatic heterocycles. The maximum Gasteiger partial charge on any atom is 0.303 e. The van der Waals surface area contributed by atoms with Crippen molar-refractivity contribution >= 4 is 17.7 Å². The van der Waals surface area contributed by atoms with Crippen LogP contribution in [0.5, 0.6) is 0 Å². The number of carbonyl (C=O) groups is 1. The fourth-order valence-corrected chi connectivity index (χ4v) is 3.51. The van der Waals surface area contributed by atoms with E-state index in [1.54, 1.807) is 0 Å². The molecule has 2 aliphatic carbocycles. The van der Waals surface area contributed by atoms with Crippen LogP contribution in [0.1, 0.15) is 37.8 Å². The van der Waals surface area contributed by atoms with E-state index in [1.807, 2.05) is 6.07 Å². The number of aliphatic carboxylic acids is 1. The number of nitrogen functional groups attached to an aromatic ring is 1. The standard InChI is InChI=1S/C20H24N2O2/c1-20(2)17-11-15(21)7-5-13(17)10-14-6-8-16(12-18(14)20)22-9-3-4-19(23)24/h5-8,10-12,16,22H,3-4,9,21H2,1-2H3,(H,23,24). The van der Waals surface area contributed by atoms with Gasteiger partial charge in [0, 0.05) is 23.6 Å². The number of benzene rings is 1. The molecule has 24 heavy (non-hydrogen) atoms. The molecule has 1 aromatic rings. The number of fused-ring (bicyclic) bond motifs is 2. The first-order valence-electron chi connectivity index (χ1n) is 8.35. The second-order valence-corrected chi connectivity index (χ2v) is 6.99. The summed E-state index contributed by atoms with van der Waals surface area (Å²) in [6.45, 7) is 5.14. The van der Waals surface area contributed by atoms with Crippen molar-refractivity contribution in [2.45, 2.75) is 38.1 Å². The predicted molar refractivity (Wildman–Crippen MR) is 97.7 cm³/mol. The van der Waals surface area contributed by atoms with Gasteiger partial charge < -0.3 is 16.2 Å². The number of anilines is 1. The average molecular weight is 324 g/mol. The SMILES string of the molecule is CC1(C)C2=CC(NCCCC(=O)O)C=CC2=Cc2ccc(N)cc21. The van der Waals surface area contributed by atoms with Crippen LogP contribution >= 0.6 is 0 Å². The van der Waals surface area contributed by atoms with Crippen molar-refractivity contribution in [2.24, 2.45) is 0 Å². The number of hydrogen-bond donors (Lipinski definition) is 3. The summed E-state index contributed by atoms with van der Waals surface area (Å²) in [5.41, 5.74) is 11.7. The molecule has 1 aromatic carbocycles. The Hall–Kier alpha value is -2.33. The van der Waals surface area contributed by atoms with E-state index < -0.39 is 5.97 Å². The number of rotatable bonds is 5. The van der Waals surface area contributed by atoms with Crippen molar-refractivity contribution in [3.05, 3.63) is 58.7 Å². The summed E-state index contributed by atoms with van der Waals surface area (Å²) >= 11 is 0. The Morgan fingerprint density at radius 3 is 2.92 bits per heavy atom. The fourth-order valence-electron chi connectivity index (χ4n) is 3.51. The quantitative estimate of drug-likeness (QED) is 0.574. The smallest absolute Gasteiger partial charge is 0.303 e. The maximum absolute atomic E-state index is 10.6. The predicted octanol–water partition coefficient (Wildman–Crippen LogP) is 3.26. The van der Waals surface area contributed by atoms with Crippen LogP contribution in [0.2, 0.25) is 0 Å². The van der Waals surface area contributed by atoms with Crippen molar-refractivity contribution in [3.8, 4) is 0 Å². The molecule has 0 saturated heterocycles. The largest absolute Gasteiger partial charge is 0.481 e. The number of nitrogens with one attached hydrogen (secondary N) is 1. The molecule has 0 fully saturated rings. The molecule has 4 nitrogen and oxygen atoms in total. The van der Waals surface area contributed by atoms with Crippen LogP contribution in [0.25, 0.3) is 6.08 Å². The molecule has 0 bridgehead atoms. The van der Waals surface area contributed by atoms with Crippen LogP contribution < -0.4 is 11.1 Å². The van der Waals surface area contributed by atoms with Crippen LogP contribution in [0.4, 0.5) is 5.69 Å². The summed E-state index contributed by atoms with van der Waals surface area (Å²) in [5.74, 6) is -0.748. The second-order valence-electron chi connectivity index (χ2n) is 6.99. The van der Waals surface area contributed by atoms with Gasteiger partial charge in [-0.15, -0.1) is 0 Å². The molecule has 4 N–H and O–H groups in total. The fraction of sp³-hybridized carbons (Fsp3) is 0.350. The van der Waals surface area contributed by atoms with E-state index in [2.05, 4.69) is 55.6 Å². The van der Waals surface area contributed by atoms with Gasteiger partial charge in [0.25, 0.3) is 0 Å². The van der Waals surface area contributed by atoms with Crippen molar-refractivity contribution in [1.82, 2.24) is 5.32 Å². The normalized spacial score (nSPS) is 20.7. The van der Waals surface area contributed by atoms with Crippen LogP contribution in [-0.2, 0) is 10.2 Å². The molecule has 1 atom stereocenters. The molecule has 0 saturated carbocycles. The Labute approximate surface area is 142 Å². The van der Waals surface area contributed by atoms with Crippen LogP contribution in [0, 0.1) is 0 Å². The summed E-state index contributed by atoms with van der Waals surface area (Å²) in [4.78, 5) is 10.6. The zero-order valence-corrected chi connectivity index (χ0v) is 14.2. The van der Waals surface area contributed by atoms with Gasteiger partial charge in [-0.25, -0.2) is 0 Å². The third-order valence-electron chi connectivity index (χ3n) is 4.82. The maximum atomic E-state index is 10.6. The Morgan fingerprint density at radius 1 is 1.38 bits per heavy atom. The third kappa shape index (κ3) is 3.15. The number of hydrogen-bond acceptors (Lipinski definition) is 3. The lowest BCUT2D eigenvalue weighted by atomic mass is 9.67. The molecule has 0 aromatic heterocycles. The Kier molecular flexibility index (Phi) is 4.33. The average Bonchev–Trinajstić information content (AvgIpc) is 2.53. The molecule has 2 aliphatic rings. The number of nitrogens with two attached hydrogens (primary N) is 1. The number of carboxylic acid groups (broad SMARTS) is 1. The molecule has 3 rings (SSSR count). The lowest BCUT2D eigenvalue weighted by molar-refractivity contribution is -0.137. The third-order valence-corrected chi connectivity index (χ3v) is 4.82. The van der Waals surface area contributed by atoms with Gasteiger partial charge in [-0.3, -0.25) is 4.79 Å². The zero-order chi connectivity index (χ0) is 17.3. The Balaban J connectivity index is 1.82. The Morgan fingerprint density at radius 2 is 2.17 bits per heavy atom. The van der Waals surface area contributed by atoms with Crippen LogP contribution in [0.15, 0.2) is 47.6 Å². The highest BCUT2D eigenvalue weighted by Crippen LogP contribution is 2.45. The molecular weight excluding hydrogens is 300 g/mol. The lowest BCUT2D eigenvalue weighted by Gasteiger charge is -2.37. The summed E-state index contributed by atoms with van der Waals surface area (Å²) in [7, 11) is 0. The first kappa shape index (κ1) is 16.5. The first-order chi connectivity index (χ1) is 11.4. The topological polar surface area (TPSA) is 75.3 Å². The van der Waals surface area contributed by atoms with E-state index in [0.717, 1.165) is 5.69 Å². The van der Waals surface area contributed by atoms with E-state index in [1.165, 1.54) is 22.3 Å². The summed E-state index contributed by atoms with van der Waals surface area (Å²) < 4.78 is 0. The summed E-state index contributed by atoms with van der Waals surface area (Å²) in [6.07, 6.45) is 9.58. The second kappa shape index (κ2) is 6.29. The van der Waals surface area contributed by atoms with Gasteiger partial charge in [0.15, 0.2) is 0 Å². The van der Waals surface area contributed by atoms with Crippen molar-refractivity contribution in [3.63, 3.8) is 0 Å². The van der Waals surface area contributed by atoms with Crippen molar-refractivity contribution < 1.29 is 9.90 Å². The molecule has 0 spiro atoms. The highest BCUT2D eigenvalue weighted by Gasteiger charge is 2.34. The highest BCUT2D eigenvalue weighted by molar-refractivity contribution is 5.75. The number of allylic oxidation sites excluding steroid dienone is 3. The monoisotopic (exact) mass is 324 g/mol. The van der Waals surface area contributed by atoms with Gasteiger partial charge in [0.05, 0.1) is 0 Å². The highest BCUT2D eigenvalue weighted by atomic mass is 16.4. The van der Waals surface area contributed by atoms with E-state index in [0.29, 0.717) is 13.0 Å². The van der Waals surface area contributed by atoms with Crippen LogP contribution in [0.3, 0.4) is 0 Å². The lowest BCUT2D eigenvalue weighted by Crippen LogP contribution is -2.33. The van der Waals surface area contributed by atoms with Gasteiger partial charge in [0.2, 0.25) is 0 Å². The zero-order valence-electron chi connectivity index (χ0n) is 14.2. The molecule has 0 amide bonds. The van der Waals surface area contributed by atoms with E-state index in [-0.39, 0.29) is 17.9 Å². The van der Waals surface area contributed by atoms with E-state index >= 15 is 0 Å². The first-order valence-corrected chi connectivity index (χ1v) is 8.35. The minimum atomic E-state index is -0.748. The molecule has 0 radical (unpaired) electrons. The summed E-state index contributed by atoms with van der Waals surface area (Å²) in [6, 6.07) is 6.23. The molecule has 0 heterocycles. The Bertz CT molecular complexity index is 757. The van der Waals surface area contributed by atoms with Gasteiger partial charge in [-0.2, -0.15) is 0 Å². The van der Waals surface area contributed by atoms with E-state index in [4.69, 9.17) is 10.8 Å². The minimum absolute atomic E-state index is 0.111. The van der Waals surface area contributed by atoms with Crippen LogP contribution in [-0.4, -0.2) is 23.7 Å². The van der Waals surface area contributed by atoms with Crippen molar-refractivity contribution in [2.75, 3.05) is 12.3 Å². The molecule has 126 valence electrons. The van der Waals surface area contributed by atoms with Gasteiger partial charge in [-0.05, 0) is 53.4 Å². The minimum Gasteiger partial charge on any atom is -0.481 e. The summed E-state index contributed by atoms with van der Waals surface area (Å²) in [5, 5.41) is 12.1.